The molecule has 0 aliphatic heterocycles. The average Bonchev–Trinajstić information content (AvgIpc) is 3.84. The Hall–Kier alpha value is -1.94. The van der Waals surface area contributed by atoms with Crippen LogP contribution in [0.4, 0.5) is 0 Å². The van der Waals surface area contributed by atoms with Crippen LogP contribution in [0.2, 0.25) is 30.1 Å². The molecule has 14 heteroatoms. The highest BCUT2D eigenvalue weighted by Crippen LogP contribution is 2.56. The van der Waals surface area contributed by atoms with Crippen LogP contribution >= 0.6 is 69.6 Å². The maximum atomic E-state index is 13.3. The van der Waals surface area contributed by atoms with E-state index < -0.39 is 46.5 Å². The minimum atomic E-state index is -1.64. The van der Waals surface area contributed by atoms with Gasteiger partial charge < -0.3 is 18.9 Å². The standard InChI is InChI=1S/C34H36Cl6O8/c1-15(2)7-17-11-33(17,5)13-45-29(41)23-25(39)19(35)9-21(37)27(23)47-31(43)32(44)48-28-22(38)10-20(36)26(40)24(28)30(42)46-14-34(6)12-18(34)8-16(3)4/h9-10,15-18H,7-8,11-14H2,1-6H3. The molecule has 0 aromatic heterocycles. The molecule has 2 aliphatic rings. The first kappa shape index (κ1) is 38.9. The molecule has 2 saturated carbocycles. The van der Waals surface area contributed by atoms with Crippen molar-refractivity contribution < 1.29 is 38.1 Å². The highest BCUT2D eigenvalue weighted by molar-refractivity contribution is 6.47. The first-order chi connectivity index (χ1) is 22.3. The Morgan fingerprint density at radius 3 is 1.29 bits per heavy atom. The van der Waals surface area contributed by atoms with Gasteiger partial charge >= 0.3 is 23.9 Å². The van der Waals surface area contributed by atoms with E-state index in [-0.39, 0.29) is 54.2 Å². The van der Waals surface area contributed by atoms with Crippen LogP contribution in [0.15, 0.2) is 12.1 Å². The van der Waals surface area contributed by atoms with E-state index in [0.717, 1.165) is 37.8 Å². The van der Waals surface area contributed by atoms with Crippen molar-refractivity contribution >= 4 is 93.5 Å². The topological polar surface area (TPSA) is 105 Å². The van der Waals surface area contributed by atoms with E-state index in [9.17, 15) is 19.2 Å². The summed E-state index contributed by atoms with van der Waals surface area (Å²) in [5.74, 6) is -4.64. The van der Waals surface area contributed by atoms with Crippen LogP contribution in [0.1, 0.15) is 87.9 Å². The Morgan fingerprint density at radius 1 is 0.646 bits per heavy atom. The number of carbonyl (C=O) groups is 4. The molecule has 0 heterocycles. The van der Waals surface area contributed by atoms with Crippen molar-refractivity contribution in [3.63, 3.8) is 0 Å². The molecule has 48 heavy (non-hydrogen) atoms. The van der Waals surface area contributed by atoms with Gasteiger partial charge in [0, 0.05) is 10.8 Å². The third kappa shape index (κ3) is 8.85. The van der Waals surface area contributed by atoms with Gasteiger partial charge in [0.25, 0.3) is 0 Å². The number of carbonyl (C=O) groups excluding carboxylic acids is 4. The second-order valence-corrected chi connectivity index (χ2v) is 16.4. The summed E-state index contributed by atoms with van der Waals surface area (Å²) in [6.07, 6.45) is 3.70. The number of benzene rings is 2. The number of hydrogen-bond donors (Lipinski definition) is 0. The number of hydrogen-bond acceptors (Lipinski definition) is 8. The van der Waals surface area contributed by atoms with Crippen molar-refractivity contribution in [1.29, 1.82) is 0 Å². The molecule has 0 spiro atoms. The Morgan fingerprint density at radius 2 is 0.979 bits per heavy atom. The first-order valence-electron chi connectivity index (χ1n) is 15.4. The summed E-state index contributed by atoms with van der Waals surface area (Å²) in [5, 5.41) is -1.47. The minimum Gasteiger partial charge on any atom is -0.461 e. The predicted octanol–water partition coefficient (Wildman–Crippen LogP) is 10.6. The maximum absolute atomic E-state index is 13.3. The van der Waals surface area contributed by atoms with Gasteiger partial charge in [-0.15, -0.1) is 0 Å². The second-order valence-electron chi connectivity index (χ2n) is 14.0. The van der Waals surface area contributed by atoms with Gasteiger partial charge in [0.1, 0.15) is 11.1 Å². The third-order valence-corrected chi connectivity index (χ3v) is 11.0. The number of halogens is 6. The molecule has 0 radical (unpaired) electrons. The lowest BCUT2D eigenvalue weighted by Crippen LogP contribution is -2.28. The number of esters is 4. The van der Waals surface area contributed by atoms with E-state index in [1.807, 2.05) is 13.8 Å². The SMILES string of the molecule is CC(C)CC1CC1(C)COC(=O)c1c(Cl)c(Cl)cc(Cl)c1OC(=O)C(=O)Oc1c(Cl)cc(Cl)c(Cl)c1C(=O)OCC1(C)CC1CC(C)C. The molecule has 262 valence electrons. The van der Waals surface area contributed by atoms with E-state index in [2.05, 4.69) is 27.7 Å². The number of ether oxygens (including phenoxy) is 4. The summed E-state index contributed by atoms with van der Waals surface area (Å²) < 4.78 is 21.5. The zero-order valence-electron chi connectivity index (χ0n) is 27.2. The Bertz CT molecular complexity index is 1520. The van der Waals surface area contributed by atoms with E-state index in [1.54, 1.807) is 0 Å². The van der Waals surface area contributed by atoms with E-state index in [4.69, 9.17) is 88.6 Å². The van der Waals surface area contributed by atoms with Crippen LogP contribution in [-0.4, -0.2) is 37.1 Å². The van der Waals surface area contributed by atoms with Crippen molar-refractivity contribution in [3.8, 4) is 11.5 Å². The summed E-state index contributed by atoms with van der Waals surface area (Å²) in [6.45, 7) is 12.6. The summed E-state index contributed by atoms with van der Waals surface area (Å²) in [5.41, 5.74) is -1.36. The molecule has 2 aromatic carbocycles. The van der Waals surface area contributed by atoms with Crippen molar-refractivity contribution in [1.82, 2.24) is 0 Å². The highest BCUT2D eigenvalue weighted by Gasteiger charge is 2.51. The van der Waals surface area contributed by atoms with Gasteiger partial charge in [0.15, 0.2) is 11.5 Å². The molecule has 4 unspecified atom stereocenters. The number of rotatable bonds is 12. The Kier molecular flexibility index (Phi) is 12.2. The lowest BCUT2D eigenvalue weighted by molar-refractivity contribution is -0.156. The largest absolute Gasteiger partial charge is 0.461 e. The van der Waals surface area contributed by atoms with Crippen LogP contribution < -0.4 is 9.47 Å². The van der Waals surface area contributed by atoms with Gasteiger partial charge in [0.05, 0.1) is 43.3 Å². The quantitative estimate of drug-likeness (QED) is 0.0907. The molecule has 2 fully saturated rings. The normalized spacial score (nSPS) is 22.8. The molecular weight excluding hydrogens is 749 g/mol. The molecule has 8 nitrogen and oxygen atoms in total. The summed E-state index contributed by atoms with van der Waals surface area (Å²) >= 11 is 37.6. The molecule has 4 rings (SSSR count). The monoisotopic (exact) mass is 782 g/mol. The highest BCUT2D eigenvalue weighted by atomic mass is 35.5. The lowest BCUT2D eigenvalue weighted by Gasteiger charge is -2.17. The summed E-state index contributed by atoms with van der Waals surface area (Å²) in [7, 11) is 0. The predicted molar refractivity (Wildman–Crippen MR) is 186 cm³/mol. The average molecular weight is 785 g/mol. The molecule has 2 aliphatic carbocycles. The smallest absolute Gasteiger partial charge is 0.423 e. The molecule has 4 atom stereocenters. The zero-order chi connectivity index (χ0) is 35.9. The zero-order valence-corrected chi connectivity index (χ0v) is 31.8. The van der Waals surface area contributed by atoms with Crippen LogP contribution in [0.3, 0.4) is 0 Å². The maximum Gasteiger partial charge on any atom is 0.423 e. The van der Waals surface area contributed by atoms with Gasteiger partial charge in [-0.3, -0.25) is 0 Å². The van der Waals surface area contributed by atoms with Crippen LogP contribution in [0, 0.1) is 34.5 Å². The molecule has 2 aromatic rings. The van der Waals surface area contributed by atoms with Crippen molar-refractivity contribution in [3.05, 3.63) is 53.4 Å². The van der Waals surface area contributed by atoms with Gasteiger partial charge in [-0.2, -0.15) is 0 Å². The van der Waals surface area contributed by atoms with Crippen LogP contribution in [0.25, 0.3) is 0 Å². The summed E-state index contributed by atoms with van der Waals surface area (Å²) in [6, 6.07) is 2.26. The van der Waals surface area contributed by atoms with Crippen LogP contribution in [-0.2, 0) is 19.1 Å². The molecule has 0 saturated heterocycles. The fourth-order valence-electron chi connectivity index (χ4n) is 5.83. The van der Waals surface area contributed by atoms with Crippen molar-refractivity contribution in [2.75, 3.05) is 13.2 Å². The second kappa shape index (κ2) is 15.1. The van der Waals surface area contributed by atoms with E-state index in [0.29, 0.717) is 23.7 Å². The fourth-order valence-corrected chi connectivity index (χ4v) is 7.27. The molecular formula is C34H36Cl6O8. The van der Waals surface area contributed by atoms with Gasteiger partial charge in [0.2, 0.25) is 0 Å². The Balaban J connectivity index is 1.52. The Labute approximate surface area is 309 Å². The van der Waals surface area contributed by atoms with Gasteiger partial charge in [-0.1, -0.05) is 111 Å². The minimum absolute atomic E-state index is 0.0747. The molecule has 0 bridgehead atoms. The first-order valence-corrected chi connectivity index (χ1v) is 17.7. The fraction of sp³-hybridized carbons (Fsp3) is 0.529. The molecule has 0 N–H and O–H groups in total. The lowest BCUT2D eigenvalue weighted by atomic mass is 10.0. The van der Waals surface area contributed by atoms with E-state index >= 15 is 0 Å². The molecule has 0 amide bonds. The van der Waals surface area contributed by atoms with Crippen LogP contribution in [0.5, 0.6) is 11.5 Å². The summed E-state index contributed by atoms with van der Waals surface area (Å²) in [4.78, 5) is 52.6. The van der Waals surface area contributed by atoms with Gasteiger partial charge in [-0.05, 0) is 61.5 Å². The third-order valence-electron chi connectivity index (χ3n) is 8.87. The van der Waals surface area contributed by atoms with Crippen molar-refractivity contribution in [2.24, 2.45) is 34.5 Å². The van der Waals surface area contributed by atoms with Crippen molar-refractivity contribution in [2.45, 2.75) is 67.2 Å². The van der Waals surface area contributed by atoms with E-state index in [1.165, 1.54) is 0 Å². The van der Waals surface area contributed by atoms with Gasteiger partial charge in [-0.25, -0.2) is 19.2 Å².